The van der Waals surface area contributed by atoms with Crippen molar-refractivity contribution >= 4 is 16.9 Å². The molecule has 0 amide bonds. The number of hydrogen-bond donors (Lipinski definition) is 1. The van der Waals surface area contributed by atoms with E-state index in [0.717, 1.165) is 11.7 Å². The van der Waals surface area contributed by atoms with Gasteiger partial charge in [0.1, 0.15) is 0 Å². The van der Waals surface area contributed by atoms with Gasteiger partial charge >= 0.3 is 0 Å². The van der Waals surface area contributed by atoms with Crippen LogP contribution in [0.15, 0.2) is 4.99 Å². The van der Waals surface area contributed by atoms with Gasteiger partial charge in [-0.2, -0.15) is 0 Å². The molecule has 3 heteroatoms. The number of nitrogens with one attached hydrogen (secondary N) is 1. The fourth-order valence-electron chi connectivity index (χ4n) is 1.43. The minimum absolute atomic E-state index is 0.291. The first-order valence-corrected chi connectivity index (χ1v) is 6.22. The van der Waals surface area contributed by atoms with Crippen molar-refractivity contribution in [3.8, 4) is 0 Å². The molecule has 0 bridgehead atoms. The summed E-state index contributed by atoms with van der Waals surface area (Å²) in [5.74, 6) is 0. The van der Waals surface area contributed by atoms with Gasteiger partial charge in [-0.3, -0.25) is 4.99 Å². The van der Waals surface area contributed by atoms with Gasteiger partial charge in [0.15, 0.2) is 5.17 Å². The topological polar surface area (TPSA) is 24.4 Å². The second-order valence-electron chi connectivity index (χ2n) is 5.39. The Bertz CT molecular complexity index is 206. The van der Waals surface area contributed by atoms with E-state index in [1.165, 1.54) is 6.42 Å². The molecule has 2 unspecified atom stereocenters. The van der Waals surface area contributed by atoms with Crippen LogP contribution >= 0.6 is 11.8 Å². The summed E-state index contributed by atoms with van der Waals surface area (Å²) >= 11 is 1.87. The lowest BCUT2D eigenvalue weighted by Crippen LogP contribution is -2.38. The van der Waals surface area contributed by atoms with E-state index in [0.29, 0.717) is 16.7 Å². The number of aliphatic imine (C=N–C) groups is 1. The van der Waals surface area contributed by atoms with Crippen LogP contribution in [0.3, 0.4) is 0 Å². The molecule has 1 aliphatic rings. The SMILES string of the molecule is CC1CC(C)SC(=NCC(C)(C)C)N1. The molecule has 1 rings (SSSR count). The molecule has 1 fully saturated rings. The van der Waals surface area contributed by atoms with Gasteiger partial charge in [-0.15, -0.1) is 0 Å². The molecular weight excluding hydrogens is 192 g/mol. The van der Waals surface area contributed by atoms with Gasteiger partial charge in [0.2, 0.25) is 0 Å². The van der Waals surface area contributed by atoms with Crippen molar-refractivity contribution in [1.29, 1.82) is 0 Å². The van der Waals surface area contributed by atoms with E-state index >= 15 is 0 Å². The molecule has 1 aliphatic heterocycles. The van der Waals surface area contributed by atoms with Crippen LogP contribution in [0.2, 0.25) is 0 Å². The van der Waals surface area contributed by atoms with E-state index in [2.05, 4.69) is 44.9 Å². The first-order valence-electron chi connectivity index (χ1n) is 5.34. The van der Waals surface area contributed by atoms with Crippen LogP contribution in [0, 0.1) is 5.41 Å². The first kappa shape index (κ1) is 11.9. The van der Waals surface area contributed by atoms with Gasteiger partial charge in [0.05, 0.1) is 0 Å². The minimum atomic E-state index is 0.291. The van der Waals surface area contributed by atoms with E-state index in [1.807, 2.05) is 11.8 Å². The van der Waals surface area contributed by atoms with Gasteiger partial charge in [-0.05, 0) is 18.8 Å². The lowest BCUT2D eigenvalue weighted by molar-refractivity contribution is 0.428. The van der Waals surface area contributed by atoms with Crippen LogP contribution in [-0.4, -0.2) is 23.0 Å². The van der Waals surface area contributed by atoms with Crippen molar-refractivity contribution < 1.29 is 0 Å². The van der Waals surface area contributed by atoms with Crippen LogP contribution in [-0.2, 0) is 0 Å². The maximum Gasteiger partial charge on any atom is 0.157 e. The third-order valence-corrected chi connectivity index (χ3v) is 3.13. The van der Waals surface area contributed by atoms with Crippen molar-refractivity contribution in [2.24, 2.45) is 10.4 Å². The molecule has 0 radical (unpaired) electrons. The minimum Gasteiger partial charge on any atom is -0.362 e. The summed E-state index contributed by atoms with van der Waals surface area (Å²) in [6, 6.07) is 0.574. The van der Waals surface area contributed by atoms with Crippen LogP contribution in [0.4, 0.5) is 0 Å². The summed E-state index contributed by atoms with van der Waals surface area (Å²) in [6.07, 6.45) is 1.24. The summed E-state index contributed by atoms with van der Waals surface area (Å²) in [6.45, 7) is 12.1. The quantitative estimate of drug-likeness (QED) is 0.726. The average Bonchev–Trinajstić information content (AvgIpc) is 1.97. The Balaban J connectivity index is 2.51. The highest BCUT2D eigenvalue weighted by Gasteiger charge is 2.20. The number of thioether (sulfide) groups is 1. The molecule has 0 aromatic rings. The van der Waals surface area contributed by atoms with Crippen LogP contribution in [0.5, 0.6) is 0 Å². The molecule has 0 saturated carbocycles. The maximum atomic E-state index is 4.62. The molecule has 0 aromatic carbocycles. The summed E-state index contributed by atoms with van der Waals surface area (Å²) in [5, 5.41) is 5.26. The monoisotopic (exact) mass is 214 g/mol. The number of rotatable bonds is 1. The van der Waals surface area contributed by atoms with Crippen molar-refractivity contribution in [3.05, 3.63) is 0 Å². The third-order valence-electron chi connectivity index (χ3n) is 2.07. The normalized spacial score (nSPS) is 31.6. The zero-order chi connectivity index (χ0) is 10.8. The standard InChI is InChI=1S/C11H22N2S/c1-8-6-9(2)14-10(13-8)12-7-11(3,4)5/h8-9H,6-7H2,1-5H3,(H,12,13). The van der Waals surface area contributed by atoms with E-state index < -0.39 is 0 Å². The highest BCUT2D eigenvalue weighted by molar-refractivity contribution is 8.14. The van der Waals surface area contributed by atoms with Gasteiger partial charge in [0, 0.05) is 17.8 Å². The van der Waals surface area contributed by atoms with E-state index in [-0.39, 0.29) is 0 Å². The molecule has 0 spiro atoms. The molecule has 1 saturated heterocycles. The predicted octanol–water partition coefficient (Wildman–Crippen LogP) is 2.89. The fourth-order valence-corrected chi connectivity index (χ4v) is 2.61. The predicted molar refractivity (Wildman–Crippen MR) is 66.0 cm³/mol. The maximum absolute atomic E-state index is 4.62. The summed E-state index contributed by atoms with van der Waals surface area (Å²) < 4.78 is 0. The average molecular weight is 214 g/mol. The summed E-state index contributed by atoms with van der Waals surface area (Å²) in [7, 11) is 0. The highest BCUT2D eigenvalue weighted by atomic mass is 32.2. The summed E-state index contributed by atoms with van der Waals surface area (Å²) in [5.41, 5.74) is 0.291. The molecule has 82 valence electrons. The Labute approximate surface area is 92.0 Å². The summed E-state index contributed by atoms with van der Waals surface area (Å²) in [4.78, 5) is 4.62. The Kier molecular flexibility index (Phi) is 3.87. The number of nitrogens with zero attached hydrogens (tertiary/aromatic N) is 1. The zero-order valence-corrected chi connectivity index (χ0v) is 10.7. The largest absolute Gasteiger partial charge is 0.362 e. The van der Waals surface area contributed by atoms with Crippen LogP contribution in [0.25, 0.3) is 0 Å². The van der Waals surface area contributed by atoms with Gasteiger partial charge in [0.25, 0.3) is 0 Å². The van der Waals surface area contributed by atoms with Crippen molar-refractivity contribution in [2.45, 2.75) is 52.3 Å². The van der Waals surface area contributed by atoms with Gasteiger partial charge in [-0.1, -0.05) is 39.5 Å². The molecule has 2 nitrogen and oxygen atoms in total. The number of amidine groups is 1. The molecule has 2 atom stereocenters. The number of hydrogen-bond acceptors (Lipinski definition) is 2. The molecule has 1 N–H and O–H groups in total. The second-order valence-corrected chi connectivity index (χ2v) is 6.82. The van der Waals surface area contributed by atoms with E-state index in [1.54, 1.807) is 0 Å². The smallest absolute Gasteiger partial charge is 0.157 e. The Morgan fingerprint density at radius 3 is 2.57 bits per heavy atom. The highest BCUT2D eigenvalue weighted by Crippen LogP contribution is 2.23. The van der Waals surface area contributed by atoms with E-state index in [4.69, 9.17) is 0 Å². The Morgan fingerprint density at radius 2 is 2.07 bits per heavy atom. The zero-order valence-electron chi connectivity index (χ0n) is 9.92. The van der Waals surface area contributed by atoms with E-state index in [9.17, 15) is 0 Å². The third kappa shape index (κ3) is 4.36. The van der Waals surface area contributed by atoms with Gasteiger partial charge < -0.3 is 5.32 Å². The first-order chi connectivity index (χ1) is 6.37. The van der Waals surface area contributed by atoms with Gasteiger partial charge in [-0.25, -0.2) is 0 Å². The molecule has 1 heterocycles. The van der Waals surface area contributed by atoms with Crippen molar-refractivity contribution in [1.82, 2.24) is 5.32 Å². The molecule has 0 aromatic heterocycles. The van der Waals surface area contributed by atoms with Crippen LogP contribution in [0.1, 0.15) is 41.0 Å². The second kappa shape index (κ2) is 4.56. The lowest BCUT2D eigenvalue weighted by Gasteiger charge is -2.27. The van der Waals surface area contributed by atoms with Crippen molar-refractivity contribution in [3.63, 3.8) is 0 Å². The fraction of sp³-hybridized carbons (Fsp3) is 0.909. The Morgan fingerprint density at radius 1 is 1.43 bits per heavy atom. The van der Waals surface area contributed by atoms with Crippen molar-refractivity contribution in [2.75, 3.05) is 6.54 Å². The molecule has 0 aliphatic carbocycles. The van der Waals surface area contributed by atoms with Crippen LogP contribution < -0.4 is 5.32 Å². The molecule has 14 heavy (non-hydrogen) atoms. The lowest BCUT2D eigenvalue weighted by atomic mass is 9.97. The Hall–Kier alpha value is -0.180. The molecular formula is C11H22N2S.